The molecule has 2 rings (SSSR count). The second-order valence-electron chi connectivity index (χ2n) is 4.38. The number of aromatic nitrogens is 1. The molecule has 1 aromatic carbocycles. The van der Waals surface area contributed by atoms with Gasteiger partial charge in [-0.05, 0) is 26.0 Å². The molecule has 106 valence electrons. The number of ether oxygens (including phenoxy) is 2. The zero-order valence-corrected chi connectivity index (χ0v) is 12.6. The van der Waals surface area contributed by atoms with Gasteiger partial charge >= 0.3 is 0 Å². The molecule has 1 aromatic heterocycles. The fourth-order valence-electron chi connectivity index (χ4n) is 1.86. The summed E-state index contributed by atoms with van der Waals surface area (Å²) in [5, 5.41) is 0. The maximum Gasteiger partial charge on any atom is 0.163 e. The summed E-state index contributed by atoms with van der Waals surface area (Å²) in [7, 11) is 1.59. The van der Waals surface area contributed by atoms with Crippen LogP contribution in [0.15, 0.2) is 23.7 Å². The SMILES string of the molecule is COc1ccc(C(C)=O)c(OCCc2scnc2C)c1. The topological polar surface area (TPSA) is 48.4 Å². The highest BCUT2D eigenvalue weighted by Crippen LogP contribution is 2.25. The van der Waals surface area contributed by atoms with Crippen LogP contribution in [0.25, 0.3) is 0 Å². The zero-order chi connectivity index (χ0) is 14.5. The first-order valence-electron chi connectivity index (χ1n) is 6.32. The van der Waals surface area contributed by atoms with E-state index in [1.54, 1.807) is 36.6 Å². The Morgan fingerprint density at radius 3 is 2.80 bits per heavy atom. The van der Waals surface area contributed by atoms with E-state index in [-0.39, 0.29) is 5.78 Å². The van der Waals surface area contributed by atoms with Crippen LogP contribution in [0.5, 0.6) is 11.5 Å². The average molecular weight is 291 g/mol. The van der Waals surface area contributed by atoms with Crippen molar-refractivity contribution in [1.82, 2.24) is 4.98 Å². The van der Waals surface area contributed by atoms with Crippen molar-refractivity contribution in [3.05, 3.63) is 39.8 Å². The van der Waals surface area contributed by atoms with E-state index in [0.29, 0.717) is 23.7 Å². The Bertz CT molecular complexity index is 607. The first kappa shape index (κ1) is 14.5. The average Bonchev–Trinajstić information content (AvgIpc) is 2.84. The number of hydrogen-bond acceptors (Lipinski definition) is 5. The molecule has 0 N–H and O–H groups in total. The first-order valence-corrected chi connectivity index (χ1v) is 7.20. The second kappa shape index (κ2) is 6.52. The number of Topliss-reactive ketones (excluding diaryl/α,β-unsaturated/α-hetero) is 1. The maximum atomic E-state index is 11.6. The summed E-state index contributed by atoms with van der Waals surface area (Å²) >= 11 is 1.62. The summed E-state index contributed by atoms with van der Waals surface area (Å²) in [6, 6.07) is 5.24. The maximum absolute atomic E-state index is 11.6. The van der Waals surface area contributed by atoms with E-state index >= 15 is 0 Å². The highest BCUT2D eigenvalue weighted by molar-refractivity contribution is 7.09. The third-order valence-electron chi connectivity index (χ3n) is 3.00. The molecule has 4 nitrogen and oxygen atoms in total. The van der Waals surface area contributed by atoms with Crippen LogP contribution in [0.1, 0.15) is 27.9 Å². The van der Waals surface area contributed by atoms with Gasteiger partial charge in [0.1, 0.15) is 11.5 Å². The van der Waals surface area contributed by atoms with Crippen LogP contribution in [0, 0.1) is 6.92 Å². The Labute approximate surface area is 122 Å². The number of carbonyl (C=O) groups is 1. The minimum absolute atomic E-state index is 0.0170. The third kappa shape index (κ3) is 3.36. The van der Waals surface area contributed by atoms with Gasteiger partial charge in [-0.25, -0.2) is 4.98 Å². The standard InChI is InChI=1S/C15H17NO3S/c1-10-15(20-9-16-10)6-7-19-14-8-12(18-3)4-5-13(14)11(2)17/h4-5,8-9H,6-7H2,1-3H3. The predicted molar refractivity (Wildman–Crippen MR) is 79.0 cm³/mol. The van der Waals surface area contributed by atoms with Gasteiger partial charge < -0.3 is 9.47 Å². The van der Waals surface area contributed by atoms with Crippen LogP contribution in [0.3, 0.4) is 0 Å². The van der Waals surface area contributed by atoms with Gasteiger partial charge in [-0.2, -0.15) is 0 Å². The molecule has 0 fully saturated rings. The van der Waals surface area contributed by atoms with Crippen LogP contribution in [0.4, 0.5) is 0 Å². The molecular weight excluding hydrogens is 274 g/mol. The Morgan fingerprint density at radius 2 is 2.20 bits per heavy atom. The molecule has 0 saturated heterocycles. The van der Waals surface area contributed by atoms with E-state index < -0.39 is 0 Å². The van der Waals surface area contributed by atoms with E-state index in [2.05, 4.69) is 4.98 Å². The highest BCUT2D eigenvalue weighted by atomic mass is 32.1. The lowest BCUT2D eigenvalue weighted by atomic mass is 10.1. The molecule has 0 aliphatic carbocycles. The van der Waals surface area contributed by atoms with Gasteiger partial charge in [0.05, 0.1) is 30.5 Å². The van der Waals surface area contributed by atoms with Crippen LogP contribution in [-0.2, 0) is 6.42 Å². The third-order valence-corrected chi connectivity index (χ3v) is 3.99. The van der Waals surface area contributed by atoms with Crippen molar-refractivity contribution < 1.29 is 14.3 Å². The molecule has 0 atom stereocenters. The fourth-order valence-corrected chi connectivity index (χ4v) is 2.62. The van der Waals surface area contributed by atoms with E-state index in [4.69, 9.17) is 9.47 Å². The van der Waals surface area contributed by atoms with Gasteiger partial charge in [-0.3, -0.25) is 4.79 Å². The van der Waals surface area contributed by atoms with Crippen molar-refractivity contribution in [2.24, 2.45) is 0 Å². The van der Waals surface area contributed by atoms with Crippen molar-refractivity contribution >= 4 is 17.1 Å². The van der Waals surface area contributed by atoms with E-state index in [0.717, 1.165) is 12.1 Å². The Balaban J connectivity index is 2.07. The molecule has 1 heterocycles. The fraction of sp³-hybridized carbons (Fsp3) is 0.333. The molecule has 0 bridgehead atoms. The first-order chi connectivity index (χ1) is 9.61. The predicted octanol–water partition coefficient (Wildman–Crippen LogP) is 3.28. The zero-order valence-electron chi connectivity index (χ0n) is 11.8. The van der Waals surface area contributed by atoms with E-state index in [9.17, 15) is 4.79 Å². The minimum atomic E-state index is -0.0170. The Hall–Kier alpha value is -1.88. The van der Waals surface area contributed by atoms with Gasteiger partial charge in [0.25, 0.3) is 0 Å². The number of ketones is 1. The molecule has 2 aromatic rings. The van der Waals surface area contributed by atoms with Gasteiger partial charge in [0, 0.05) is 17.4 Å². The van der Waals surface area contributed by atoms with Crippen LogP contribution >= 0.6 is 11.3 Å². The lowest BCUT2D eigenvalue weighted by Gasteiger charge is -2.11. The lowest BCUT2D eigenvalue weighted by molar-refractivity contribution is 0.101. The number of aryl methyl sites for hydroxylation is 1. The number of benzene rings is 1. The lowest BCUT2D eigenvalue weighted by Crippen LogP contribution is -2.05. The number of thiazole rings is 1. The molecule has 0 saturated carbocycles. The van der Waals surface area contributed by atoms with Crippen LogP contribution in [0.2, 0.25) is 0 Å². The molecule has 0 spiro atoms. The quantitative estimate of drug-likeness (QED) is 0.766. The van der Waals surface area contributed by atoms with Gasteiger partial charge in [-0.15, -0.1) is 11.3 Å². The Kier molecular flexibility index (Phi) is 4.74. The summed E-state index contributed by atoms with van der Waals surface area (Å²) in [5.41, 5.74) is 3.44. The molecule has 0 amide bonds. The summed E-state index contributed by atoms with van der Waals surface area (Å²) in [6.07, 6.45) is 0.783. The van der Waals surface area contributed by atoms with Crippen molar-refractivity contribution in [2.75, 3.05) is 13.7 Å². The van der Waals surface area contributed by atoms with Gasteiger partial charge in [0.2, 0.25) is 0 Å². The Morgan fingerprint density at radius 1 is 1.40 bits per heavy atom. The molecule has 0 aliphatic heterocycles. The highest BCUT2D eigenvalue weighted by Gasteiger charge is 2.10. The van der Waals surface area contributed by atoms with Crippen LogP contribution < -0.4 is 9.47 Å². The van der Waals surface area contributed by atoms with Gasteiger partial charge in [-0.1, -0.05) is 0 Å². The molecule has 20 heavy (non-hydrogen) atoms. The van der Waals surface area contributed by atoms with Crippen molar-refractivity contribution in [3.63, 3.8) is 0 Å². The molecule has 0 unspecified atom stereocenters. The number of methoxy groups -OCH3 is 1. The summed E-state index contributed by atoms with van der Waals surface area (Å²) in [4.78, 5) is 17.0. The molecular formula is C15H17NO3S. The van der Waals surface area contributed by atoms with Crippen LogP contribution in [-0.4, -0.2) is 24.5 Å². The number of nitrogens with zero attached hydrogens (tertiary/aromatic N) is 1. The van der Waals surface area contributed by atoms with E-state index in [1.165, 1.54) is 11.8 Å². The summed E-state index contributed by atoms with van der Waals surface area (Å²) in [5.74, 6) is 1.23. The van der Waals surface area contributed by atoms with Gasteiger partial charge in [0.15, 0.2) is 5.78 Å². The largest absolute Gasteiger partial charge is 0.497 e. The second-order valence-corrected chi connectivity index (χ2v) is 5.32. The summed E-state index contributed by atoms with van der Waals surface area (Å²) < 4.78 is 10.9. The smallest absolute Gasteiger partial charge is 0.163 e. The molecule has 0 radical (unpaired) electrons. The molecule has 0 aliphatic rings. The van der Waals surface area contributed by atoms with Crippen molar-refractivity contribution in [3.8, 4) is 11.5 Å². The van der Waals surface area contributed by atoms with Crippen molar-refractivity contribution in [1.29, 1.82) is 0 Å². The number of rotatable bonds is 6. The number of hydrogen-bond donors (Lipinski definition) is 0. The normalized spacial score (nSPS) is 10.3. The number of carbonyl (C=O) groups excluding carboxylic acids is 1. The van der Waals surface area contributed by atoms with E-state index in [1.807, 2.05) is 12.4 Å². The monoisotopic (exact) mass is 291 g/mol. The van der Waals surface area contributed by atoms with Crippen molar-refractivity contribution in [2.45, 2.75) is 20.3 Å². The minimum Gasteiger partial charge on any atom is -0.497 e. The molecule has 5 heteroatoms. The summed E-state index contributed by atoms with van der Waals surface area (Å²) in [6.45, 7) is 4.02.